The molecule has 142 valence electrons. The molecule has 1 fully saturated rings. The minimum atomic E-state index is -5.08. The molecule has 0 bridgehead atoms. The van der Waals surface area contributed by atoms with Gasteiger partial charge in [-0.3, -0.25) is 0 Å². The molecule has 1 aromatic rings. The van der Waals surface area contributed by atoms with E-state index in [9.17, 15) is 13.2 Å². The van der Waals surface area contributed by atoms with Gasteiger partial charge in [-0.15, -0.1) is 0 Å². The van der Waals surface area contributed by atoms with E-state index >= 15 is 0 Å². The van der Waals surface area contributed by atoms with Crippen LogP contribution in [-0.2, 0) is 20.7 Å². The molecule has 8 heteroatoms. The number of rotatable bonds is 6. The van der Waals surface area contributed by atoms with Crippen molar-refractivity contribution >= 4 is 5.97 Å². The number of alkyl halides is 3. The Morgan fingerprint density at radius 3 is 2.40 bits per heavy atom. The molecular weight excluding hydrogens is 339 g/mol. The van der Waals surface area contributed by atoms with Crippen LogP contribution >= 0.6 is 0 Å². The van der Waals surface area contributed by atoms with Gasteiger partial charge >= 0.3 is 12.1 Å². The van der Waals surface area contributed by atoms with Crippen molar-refractivity contribution in [3.05, 3.63) is 35.9 Å². The molecule has 0 saturated carbocycles. The standard InChI is InChI=1S/C15H23NO2.C2HF3O2/c1-16-9-8-15(18-11-10-17-2)14(16)12-13-6-4-3-5-7-13;3-2(4,5)1(6)7/h3-7,14-15H,8-12H2,1-2H3;(H,6,7)/t14-,15+;/m0./s1. The van der Waals surface area contributed by atoms with E-state index in [1.165, 1.54) is 5.56 Å². The van der Waals surface area contributed by atoms with Crippen molar-refractivity contribution in [1.82, 2.24) is 4.90 Å². The number of nitrogens with zero attached hydrogens (tertiary/aromatic N) is 1. The van der Waals surface area contributed by atoms with E-state index in [0.29, 0.717) is 25.4 Å². The molecule has 1 aromatic carbocycles. The van der Waals surface area contributed by atoms with E-state index in [2.05, 4.69) is 42.3 Å². The molecule has 1 saturated heterocycles. The van der Waals surface area contributed by atoms with Gasteiger partial charge in [0.1, 0.15) is 0 Å². The Hall–Kier alpha value is -1.64. The number of methoxy groups -OCH3 is 1. The molecule has 1 N–H and O–H groups in total. The van der Waals surface area contributed by atoms with Crippen LogP contribution in [0.5, 0.6) is 0 Å². The van der Waals surface area contributed by atoms with Gasteiger partial charge in [-0.05, 0) is 25.5 Å². The van der Waals surface area contributed by atoms with E-state index in [1.54, 1.807) is 7.11 Å². The van der Waals surface area contributed by atoms with E-state index < -0.39 is 12.1 Å². The van der Waals surface area contributed by atoms with Crippen LogP contribution in [-0.4, -0.2) is 68.2 Å². The van der Waals surface area contributed by atoms with E-state index in [0.717, 1.165) is 19.4 Å². The molecule has 0 amide bonds. The maximum Gasteiger partial charge on any atom is 0.490 e. The predicted molar refractivity (Wildman–Crippen MR) is 86.5 cm³/mol. The zero-order valence-corrected chi connectivity index (χ0v) is 14.3. The molecule has 1 heterocycles. The Morgan fingerprint density at radius 1 is 1.28 bits per heavy atom. The van der Waals surface area contributed by atoms with Crippen molar-refractivity contribution in [2.75, 3.05) is 33.9 Å². The van der Waals surface area contributed by atoms with E-state index in [1.807, 2.05) is 0 Å². The summed E-state index contributed by atoms with van der Waals surface area (Å²) in [5.41, 5.74) is 1.39. The fourth-order valence-corrected chi connectivity index (χ4v) is 2.59. The van der Waals surface area contributed by atoms with Crippen LogP contribution in [0.3, 0.4) is 0 Å². The predicted octanol–water partition coefficient (Wildman–Crippen LogP) is 2.60. The number of halogens is 3. The number of benzene rings is 1. The van der Waals surface area contributed by atoms with Gasteiger partial charge in [0, 0.05) is 19.7 Å². The lowest BCUT2D eigenvalue weighted by atomic mass is 10.0. The van der Waals surface area contributed by atoms with Gasteiger partial charge in [-0.25, -0.2) is 4.79 Å². The van der Waals surface area contributed by atoms with Gasteiger partial charge in [0.15, 0.2) is 0 Å². The van der Waals surface area contributed by atoms with E-state index in [4.69, 9.17) is 19.4 Å². The number of hydrogen-bond acceptors (Lipinski definition) is 4. The van der Waals surface area contributed by atoms with Crippen LogP contribution in [0.1, 0.15) is 12.0 Å². The highest BCUT2D eigenvalue weighted by Crippen LogP contribution is 2.22. The highest BCUT2D eigenvalue weighted by molar-refractivity contribution is 5.73. The zero-order valence-electron chi connectivity index (χ0n) is 14.3. The molecule has 2 atom stereocenters. The number of likely N-dealkylation sites (tertiary alicyclic amines) is 1. The van der Waals surface area contributed by atoms with Crippen molar-refractivity contribution in [3.63, 3.8) is 0 Å². The lowest BCUT2D eigenvalue weighted by molar-refractivity contribution is -0.192. The second-order valence-corrected chi connectivity index (χ2v) is 5.73. The fourth-order valence-electron chi connectivity index (χ4n) is 2.59. The Balaban J connectivity index is 0.000000381. The smallest absolute Gasteiger partial charge is 0.475 e. The molecule has 0 unspecified atom stereocenters. The molecule has 1 aliphatic heterocycles. The van der Waals surface area contributed by atoms with Crippen LogP contribution in [0.15, 0.2) is 30.3 Å². The van der Waals surface area contributed by atoms with Crippen LogP contribution in [0, 0.1) is 0 Å². The number of carboxylic acids is 1. The number of hydrogen-bond donors (Lipinski definition) is 1. The second kappa shape index (κ2) is 10.4. The zero-order chi connectivity index (χ0) is 18.9. The third-order valence-corrected chi connectivity index (χ3v) is 3.91. The van der Waals surface area contributed by atoms with Gasteiger partial charge in [-0.1, -0.05) is 30.3 Å². The van der Waals surface area contributed by atoms with Gasteiger partial charge in [-0.2, -0.15) is 13.2 Å². The summed E-state index contributed by atoms with van der Waals surface area (Å²) >= 11 is 0. The Morgan fingerprint density at radius 2 is 1.88 bits per heavy atom. The summed E-state index contributed by atoms with van der Waals surface area (Å²) in [5.74, 6) is -2.76. The average molecular weight is 363 g/mol. The number of ether oxygens (including phenoxy) is 2. The van der Waals surface area contributed by atoms with Gasteiger partial charge < -0.3 is 19.5 Å². The largest absolute Gasteiger partial charge is 0.490 e. The van der Waals surface area contributed by atoms with Crippen LogP contribution in [0.25, 0.3) is 0 Å². The lowest BCUT2D eigenvalue weighted by Gasteiger charge is -2.25. The highest BCUT2D eigenvalue weighted by Gasteiger charge is 2.38. The van der Waals surface area contributed by atoms with Crippen molar-refractivity contribution in [1.29, 1.82) is 0 Å². The van der Waals surface area contributed by atoms with Gasteiger partial charge in [0.05, 0.1) is 19.3 Å². The first-order valence-corrected chi connectivity index (χ1v) is 7.90. The summed E-state index contributed by atoms with van der Waals surface area (Å²) < 4.78 is 42.7. The van der Waals surface area contributed by atoms with Crippen LogP contribution in [0.4, 0.5) is 13.2 Å². The molecular formula is C17H24F3NO4. The van der Waals surface area contributed by atoms with Gasteiger partial charge in [0.25, 0.3) is 0 Å². The minimum absolute atomic E-state index is 0.338. The SMILES string of the molecule is COCCO[C@@H]1CCN(C)[C@H]1Cc1ccccc1.O=C(O)C(F)(F)F. The summed E-state index contributed by atoms with van der Waals surface area (Å²) in [4.78, 5) is 11.3. The van der Waals surface area contributed by atoms with Crippen LogP contribution < -0.4 is 0 Å². The Bertz CT molecular complexity index is 510. The monoisotopic (exact) mass is 363 g/mol. The topological polar surface area (TPSA) is 59.0 Å². The minimum Gasteiger partial charge on any atom is -0.475 e. The van der Waals surface area contributed by atoms with Gasteiger partial charge in [0.2, 0.25) is 0 Å². The maximum atomic E-state index is 10.6. The van der Waals surface area contributed by atoms with Crippen molar-refractivity contribution in [3.8, 4) is 0 Å². The Kier molecular flexibility index (Phi) is 8.88. The molecule has 0 radical (unpaired) electrons. The molecule has 5 nitrogen and oxygen atoms in total. The number of carbonyl (C=O) groups is 1. The second-order valence-electron chi connectivity index (χ2n) is 5.73. The fraction of sp³-hybridized carbons (Fsp3) is 0.588. The average Bonchev–Trinajstić information content (AvgIpc) is 2.89. The summed E-state index contributed by atoms with van der Waals surface area (Å²) in [5, 5.41) is 7.12. The van der Waals surface area contributed by atoms with Crippen molar-refractivity contribution in [2.45, 2.75) is 31.2 Å². The molecule has 0 aliphatic carbocycles. The third kappa shape index (κ3) is 7.85. The van der Waals surface area contributed by atoms with Crippen molar-refractivity contribution < 1.29 is 32.5 Å². The normalized spacial score (nSPS) is 20.8. The quantitative estimate of drug-likeness (QED) is 0.788. The first kappa shape index (κ1) is 21.4. The summed E-state index contributed by atoms with van der Waals surface area (Å²) in [6.07, 6.45) is -2.56. The summed E-state index contributed by atoms with van der Waals surface area (Å²) in [7, 11) is 3.90. The first-order chi connectivity index (χ1) is 11.8. The molecule has 1 aliphatic rings. The van der Waals surface area contributed by atoms with Crippen LogP contribution in [0.2, 0.25) is 0 Å². The summed E-state index contributed by atoms with van der Waals surface area (Å²) in [6, 6.07) is 11.1. The third-order valence-electron chi connectivity index (χ3n) is 3.91. The molecule has 0 spiro atoms. The number of carboxylic acid groups (broad SMARTS) is 1. The molecule has 25 heavy (non-hydrogen) atoms. The number of aliphatic carboxylic acids is 1. The lowest BCUT2D eigenvalue weighted by Crippen LogP contribution is -2.36. The summed E-state index contributed by atoms with van der Waals surface area (Å²) in [6.45, 7) is 2.49. The molecule has 2 rings (SSSR count). The van der Waals surface area contributed by atoms with E-state index in [-0.39, 0.29) is 0 Å². The number of likely N-dealkylation sites (N-methyl/N-ethyl adjacent to an activating group) is 1. The first-order valence-electron chi connectivity index (χ1n) is 7.90. The molecule has 0 aromatic heterocycles. The van der Waals surface area contributed by atoms with Crippen molar-refractivity contribution in [2.24, 2.45) is 0 Å². The maximum absolute atomic E-state index is 10.6. The highest BCUT2D eigenvalue weighted by atomic mass is 19.4. The Labute approximate surface area is 145 Å².